The molecule has 2 aromatic rings. The predicted molar refractivity (Wildman–Crippen MR) is 99.1 cm³/mol. The van der Waals surface area contributed by atoms with Crippen molar-refractivity contribution in [3.8, 4) is 11.4 Å². The molecule has 0 unspecified atom stereocenters. The van der Waals surface area contributed by atoms with E-state index in [0.29, 0.717) is 0 Å². The largest absolute Gasteiger partial charge is 0.480 e. The summed E-state index contributed by atoms with van der Waals surface area (Å²) in [6.45, 7) is 0.344. The lowest BCUT2D eigenvalue weighted by atomic mass is 10.0. The molecule has 0 aliphatic carbocycles. The van der Waals surface area contributed by atoms with E-state index in [-0.39, 0.29) is 12.0 Å². The summed E-state index contributed by atoms with van der Waals surface area (Å²) in [5.41, 5.74) is 4.84. The number of hydrogen-bond donors (Lipinski definition) is 5. The van der Waals surface area contributed by atoms with Gasteiger partial charge in [0.1, 0.15) is 23.7 Å². The highest BCUT2D eigenvalue weighted by molar-refractivity contribution is 7.87. The lowest BCUT2D eigenvalue weighted by Gasteiger charge is -2.19. The second kappa shape index (κ2) is 9.86. The standard InChI is InChI=1S/C16H19F2N5O7S/c1-7(13(19)25)4-11(22-31(28,29)23-12(6-24)16(26)27)15-20-14(21-30-15)9-5-8(17)2-3-10(9)18/h2-3,5,7,11-12,22-24H,4,6H2,1H3,(H2,19,25)(H,26,27)/t7-,11-,12-/m0/s1. The number of aliphatic hydroxyl groups excluding tert-OH is 1. The number of aliphatic hydroxyl groups is 1. The summed E-state index contributed by atoms with van der Waals surface area (Å²) in [6.07, 6.45) is -0.291. The zero-order valence-electron chi connectivity index (χ0n) is 15.9. The van der Waals surface area contributed by atoms with Crippen molar-refractivity contribution in [2.45, 2.75) is 25.4 Å². The fourth-order valence-electron chi connectivity index (χ4n) is 2.40. The Balaban J connectivity index is 2.36. The summed E-state index contributed by atoms with van der Waals surface area (Å²) in [7, 11) is -4.58. The molecule has 0 bridgehead atoms. The fourth-order valence-corrected chi connectivity index (χ4v) is 3.59. The predicted octanol–water partition coefficient (Wildman–Crippen LogP) is -0.563. The molecule has 0 fully saturated rings. The Hall–Kier alpha value is -3.01. The Bertz CT molecular complexity index is 1060. The molecule has 1 amide bonds. The molecule has 2 rings (SSSR count). The minimum absolute atomic E-state index is 0.291. The van der Waals surface area contributed by atoms with Gasteiger partial charge in [-0.15, -0.1) is 0 Å². The Morgan fingerprint density at radius 2 is 1.97 bits per heavy atom. The highest BCUT2D eigenvalue weighted by Gasteiger charge is 2.31. The number of aliphatic carboxylic acids is 1. The molecule has 0 radical (unpaired) electrons. The van der Waals surface area contributed by atoms with Crippen molar-refractivity contribution >= 4 is 22.1 Å². The van der Waals surface area contributed by atoms with Crippen LogP contribution in [0.25, 0.3) is 11.4 Å². The number of benzene rings is 1. The molecule has 0 saturated heterocycles. The summed E-state index contributed by atoms with van der Waals surface area (Å²) < 4.78 is 60.7. The van der Waals surface area contributed by atoms with E-state index < -0.39 is 70.0 Å². The first-order valence-electron chi connectivity index (χ1n) is 8.65. The molecule has 3 atom stereocenters. The molecule has 170 valence electrons. The normalized spacial score (nSPS) is 14.7. The molecular formula is C16H19F2N5O7S. The van der Waals surface area contributed by atoms with Crippen LogP contribution in [0.3, 0.4) is 0 Å². The lowest BCUT2D eigenvalue weighted by molar-refractivity contribution is -0.139. The highest BCUT2D eigenvalue weighted by Crippen LogP contribution is 2.26. The van der Waals surface area contributed by atoms with Gasteiger partial charge in [-0.2, -0.15) is 22.8 Å². The van der Waals surface area contributed by atoms with Gasteiger partial charge in [0.15, 0.2) is 0 Å². The summed E-state index contributed by atoms with van der Waals surface area (Å²) in [5, 5.41) is 21.4. The van der Waals surface area contributed by atoms with Gasteiger partial charge in [-0.3, -0.25) is 9.59 Å². The van der Waals surface area contributed by atoms with E-state index in [2.05, 4.69) is 10.1 Å². The topological polar surface area (TPSA) is 198 Å². The van der Waals surface area contributed by atoms with Gasteiger partial charge < -0.3 is 20.5 Å². The number of hydrogen-bond acceptors (Lipinski definition) is 8. The summed E-state index contributed by atoms with van der Waals surface area (Å²) in [4.78, 5) is 26.2. The first-order valence-corrected chi connectivity index (χ1v) is 10.1. The van der Waals surface area contributed by atoms with Crippen molar-refractivity contribution in [2.24, 2.45) is 11.7 Å². The van der Waals surface area contributed by atoms with Crippen LogP contribution < -0.4 is 15.2 Å². The maximum absolute atomic E-state index is 14.0. The monoisotopic (exact) mass is 463 g/mol. The molecule has 15 heteroatoms. The number of primary amides is 1. The van der Waals surface area contributed by atoms with E-state index >= 15 is 0 Å². The Kier molecular flexibility index (Phi) is 7.72. The van der Waals surface area contributed by atoms with Gasteiger partial charge in [0.2, 0.25) is 17.6 Å². The number of halogens is 2. The third-order valence-electron chi connectivity index (χ3n) is 4.06. The number of aromatic nitrogens is 2. The molecule has 0 aliphatic rings. The summed E-state index contributed by atoms with van der Waals surface area (Å²) >= 11 is 0. The minimum Gasteiger partial charge on any atom is -0.480 e. The number of nitrogens with two attached hydrogens (primary N) is 1. The quantitative estimate of drug-likeness (QED) is 0.290. The molecule has 6 N–H and O–H groups in total. The fraction of sp³-hybridized carbons (Fsp3) is 0.375. The van der Waals surface area contributed by atoms with Crippen molar-refractivity contribution in [1.29, 1.82) is 0 Å². The van der Waals surface area contributed by atoms with E-state index in [0.717, 1.165) is 18.2 Å². The summed E-state index contributed by atoms with van der Waals surface area (Å²) in [5.74, 6) is -5.80. The maximum Gasteiger partial charge on any atom is 0.324 e. The van der Waals surface area contributed by atoms with Crippen LogP contribution in [-0.2, 0) is 19.8 Å². The van der Waals surface area contributed by atoms with Crippen LogP contribution in [0.5, 0.6) is 0 Å². The van der Waals surface area contributed by atoms with Crippen molar-refractivity contribution in [3.05, 3.63) is 35.7 Å². The van der Waals surface area contributed by atoms with E-state index in [1.807, 2.05) is 4.72 Å². The van der Waals surface area contributed by atoms with E-state index in [1.54, 1.807) is 4.72 Å². The van der Waals surface area contributed by atoms with Crippen molar-refractivity contribution in [3.63, 3.8) is 0 Å². The molecule has 0 spiro atoms. The second-order valence-corrected chi connectivity index (χ2v) is 7.96. The SMILES string of the molecule is C[C@@H](C[C@H](NS(=O)(=O)N[C@@H](CO)C(=O)O)c1nc(-c2cc(F)ccc2F)no1)C(N)=O. The third kappa shape index (κ3) is 6.48. The van der Waals surface area contributed by atoms with Gasteiger partial charge >= 0.3 is 5.97 Å². The van der Waals surface area contributed by atoms with Gasteiger partial charge in [0.05, 0.1) is 12.2 Å². The summed E-state index contributed by atoms with van der Waals surface area (Å²) in [6, 6.07) is -0.745. The van der Waals surface area contributed by atoms with Gasteiger partial charge in [-0.05, 0) is 24.6 Å². The van der Waals surface area contributed by atoms with Crippen LogP contribution in [-0.4, -0.2) is 53.3 Å². The molecule has 0 saturated carbocycles. The van der Waals surface area contributed by atoms with Gasteiger partial charge in [-0.1, -0.05) is 12.1 Å². The zero-order chi connectivity index (χ0) is 23.3. The van der Waals surface area contributed by atoms with Crippen molar-refractivity contribution in [2.75, 3.05) is 6.61 Å². The van der Waals surface area contributed by atoms with Gasteiger partial charge in [-0.25, -0.2) is 8.78 Å². The van der Waals surface area contributed by atoms with Crippen LogP contribution in [0.15, 0.2) is 22.7 Å². The van der Waals surface area contributed by atoms with E-state index in [4.69, 9.17) is 20.5 Å². The van der Waals surface area contributed by atoms with Gasteiger partial charge in [0, 0.05) is 5.92 Å². The number of amides is 1. The molecule has 1 aromatic carbocycles. The Morgan fingerprint density at radius 1 is 1.29 bits per heavy atom. The average molecular weight is 463 g/mol. The number of rotatable bonds is 11. The molecule has 1 aromatic heterocycles. The van der Waals surface area contributed by atoms with Crippen LogP contribution in [0.1, 0.15) is 25.3 Å². The molecule has 1 heterocycles. The van der Waals surface area contributed by atoms with Crippen molar-refractivity contribution < 1.29 is 41.5 Å². The van der Waals surface area contributed by atoms with Crippen LogP contribution in [0.4, 0.5) is 8.78 Å². The first-order chi connectivity index (χ1) is 14.4. The Labute approximate surface area is 174 Å². The third-order valence-corrected chi connectivity index (χ3v) is 5.25. The van der Waals surface area contributed by atoms with E-state index in [1.165, 1.54) is 6.92 Å². The van der Waals surface area contributed by atoms with E-state index in [9.17, 15) is 26.8 Å². The molecule has 12 nitrogen and oxygen atoms in total. The number of carboxylic acids is 1. The Morgan fingerprint density at radius 3 is 2.55 bits per heavy atom. The lowest BCUT2D eigenvalue weighted by Crippen LogP contribution is -2.49. The highest BCUT2D eigenvalue weighted by atomic mass is 32.2. The number of nitrogens with one attached hydrogen (secondary N) is 2. The maximum atomic E-state index is 14.0. The number of carbonyl (C=O) groups is 2. The van der Waals surface area contributed by atoms with Crippen LogP contribution >= 0.6 is 0 Å². The number of nitrogens with zero attached hydrogens (tertiary/aromatic N) is 2. The molecular weight excluding hydrogens is 444 g/mol. The molecule has 31 heavy (non-hydrogen) atoms. The van der Waals surface area contributed by atoms with Crippen LogP contribution in [0.2, 0.25) is 0 Å². The number of carbonyl (C=O) groups excluding carboxylic acids is 1. The number of carboxylic acid groups (broad SMARTS) is 1. The second-order valence-electron chi connectivity index (χ2n) is 6.48. The average Bonchev–Trinajstić information content (AvgIpc) is 3.17. The van der Waals surface area contributed by atoms with Crippen LogP contribution in [0, 0.1) is 17.6 Å². The molecule has 0 aliphatic heterocycles. The van der Waals surface area contributed by atoms with Crippen molar-refractivity contribution in [1.82, 2.24) is 19.6 Å². The smallest absolute Gasteiger partial charge is 0.324 e. The minimum atomic E-state index is -4.58. The van der Waals surface area contributed by atoms with Gasteiger partial charge in [0.25, 0.3) is 10.2 Å². The zero-order valence-corrected chi connectivity index (χ0v) is 16.8. The first kappa shape index (κ1) is 24.3.